The monoisotopic (exact) mass is 379 g/mol. The van der Waals surface area contributed by atoms with Crippen molar-refractivity contribution < 1.29 is 24.4 Å². The van der Waals surface area contributed by atoms with E-state index in [-0.39, 0.29) is 17.9 Å². The van der Waals surface area contributed by atoms with Crippen molar-refractivity contribution in [2.45, 2.75) is 18.5 Å². The lowest BCUT2D eigenvalue weighted by Gasteiger charge is -2.29. The smallest absolute Gasteiger partial charge is 0.373 e. The third-order valence-electron chi connectivity index (χ3n) is 6.21. The highest BCUT2D eigenvalue weighted by Crippen LogP contribution is 2.48. The molecule has 2 saturated heterocycles. The van der Waals surface area contributed by atoms with Gasteiger partial charge in [-0.1, -0.05) is 54.6 Å². The van der Waals surface area contributed by atoms with Gasteiger partial charge in [0.15, 0.2) is 0 Å². The molecule has 0 spiro atoms. The van der Waals surface area contributed by atoms with E-state index in [4.69, 9.17) is 4.74 Å². The molecule has 2 amide bonds. The molecule has 2 fully saturated rings. The Morgan fingerprint density at radius 1 is 1.04 bits per heavy atom. The summed E-state index contributed by atoms with van der Waals surface area (Å²) in [6.07, 6.45) is 0. The van der Waals surface area contributed by atoms with Crippen LogP contribution < -0.4 is 5.32 Å². The van der Waals surface area contributed by atoms with E-state index >= 15 is 0 Å². The van der Waals surface area contributed by atoms with Crippen LogP contribution in [0.3, 0.4) is 0 Å². The van der Waals surface area contributed by atoms with Crippen molar-refractivity contribution in [3.63, 3.8) is 0 Å². The van der Waals surface area contributed by atoms with Gasteiger partial charge in [-0.3, -0.25) is 14.5 Å². The first kappa shape index (κ1) is 18.4. The van der Waals surface area contributed by atoms with Crippen LogP contribution in [0.1, 0.15) is 22.7 Å². The summed E-state index contributed by atoms with van der Waals surface area (Å²) in [7, 11) is 2.81. The van der Waals surface area contributed by atoms with Crippen molar-refractivity contribution in [1.29, 1.82) is 0 Å². The molecular weight excluding hydrogens is 356 g/mol. The molecule has 2 N–H and O–H groups in total. The second-order valence-corrected chi connectivity index (χ2v) is 7.51. The number of rotatable bonds is 3. The summed E-state index contributed by atoms with van der Waals surface area (Å²) in [5.41, 5.74) is 1.34. The average Bonchev–Trinajstić information content (AvgIpc) is 3.19. The summed E-state index contributed by atoms with van der Waals surface area (Å²) in [5, 5.41) is 1.87. The molecule has 0 unspecified atom stereocenters. The number of nitrogens with zero attached hydrogens (tertiary/aromatic N) is 1. The second kappa shape index (κ2) is 6.56. The lowest BCUT2D eigenvalue weighted by atomic mass is 9.75. The summed E-state index contributed by atoms with van der Waals surface area (Å²) in [6.45, 7) is 1.98. The summed E-state index contributed by atoms with van der Waals surface area (Å²) >= 11 is 0. The van der Waals surface area contributed by atoms with Gasteiger partial charge in [0, 0.05) is 18.2 Å². The van der Waals surface area contributed by atoms with Gasteiger partial charge in [-0.25, -0.2) is 4.79 Å². The van der Waals surface area contributed by atoms with Crippen LogP contribution in [0.25, 0.3) is 0 Å². The van der Waals surface area contributed by atoms with E-state index in [2.05, 4.69) is 0 Å². The Morgan fingerprint density at radius 2 is 1.68 bits per heavy atom. The fraction of sp³-hybridized carbons (Fsp3) is 0.318. The van der Waals surface area contributed by atoms with E-state index in [1.165, 1.54) is 14.2 Å². The minimum atomic E-state index is -1.30. The van der Waals surface area contributed by atoms with E-state index in [1.54, 1.807) is 0 Å². The van der Waals surface area contributed by atoms with E-state index in [9.17, 15) is 14.4 Å². The van der Waals surface area contributed by atoms with Crippen molar-refractivity contribution in [3.05, 3.63) is 71.3 Å². The first-order valence-electron chi connectivity index (χ1n) is 9.30. The van der Waals surface area contributed by atoms with E-state index in [1.807, 2.05) is 66.8 Å². The number of amides is 2. The van der Waals surface area contributed by atoms with Crippen LogP contribution in [0, 0.1) is 18.8 Å². The molecule has 0 aliphatic carbocycles. The van der Waals surface area contributed by atoms with Crippen molar-refractivity contribution >= 4 is 17.8 Å². The number of carbonyl (C=O) groups excluding carboxylic acids is 3. The molecule has 4 atom stereocenters. The van der Waals surface area contributed by atoms with Gasteiger partial charge in [0.1, 0.15) is 17.9 Å². The van der Waals surface area contributed by atoms with Gasteiger partial charge in [0.05, 0.1) is 7.11 Å². The van der Waals surface area contributed by atoms with Gasteiger partial charge in [-0.05, 0) is 12.5 Å². The fourth-order valence-electron chi connectivity index (χ4n) is 4.88. The van der Waals surface area contributed by atoms with Crippen LogP contribution in [-0.4, -0.2) is 36.8 Å². The number of esters is 1. The van der Waals surface area contributed by atoms with Crippen LogP contribution >= 0.6 is 0 Å². The zero-order valence-corrected chi connectivity index (χ0v) is 16.1. The van der Waals surface area contributed by atoms with Crippen molar-refractivity contribution in [2.24, 2.45) is 11.8 Å². The molecule has 2 heterocycles. The number of aryl methyl sites for hydroxylation is 1. The molecular formula is C22H23N2O4+. The SMILES string of the molecule is COC(=O)[C@@]1(c2ccccc2)[NH2+][C@H](c2ccccc2C)[C@H]2C(=O)N(C)C(=O)[C@H]21. The molecule has 0 saturated carbocycles. The van der Waals surface area contributed by atoms with Crippen LogP contribution in [0.4, 0.5) is 0 Å². The molecule has 0 aromatic heterocycles. The Hall–Kier alpha value is -2.99. The third-order valence-corrected chi connectivity index (χ3v) is 6.21. The molecule has 144 valence electrons. The number of likely N-dealkylation sites (tertiary alicyclic amines) is 1. The summed E-state index contributed by atoms with van der Waals surface area (Å²) in [4.78, 5) is 40.5. The lowest BCUT2D eigenvalue weighted by Crippen LogP contribution is -2.96. The highest BCUT2D eigenvalue weighted by molar-refractivity contribution is 6.08. The first-order valence-corrected chi connectivity index (χ1v) is 9.30. The molecule has 0 bridgehead atoms. The average molecular weight is 379 g/mol. The van der Waals surface area contributed by atoms with Crippen molar-refractivity contribution in [2.75, 3.05) is 14.2 Å². The van der Waals surface area contributed by atoms with Gasteiger partial charge >= 0.3 is 5.97 Å². The number of quaternary nitrogens is 1. The molecule has 2 aromatic carbocycles. The Bertz CT molecular complexity index is 958. The number of hydrogen-bond acceptors (Lipinski definition) is 4. The van der Waals surface area contributed by atoms with E-state index < -0.39 is 23.3 Å². The summed E-state index contributed by atoms with van der Waals surface area (Å²) < 4.78 is 5.18. The maximum Gasteiger partial charge on any atom is 0.373 e. The van der Waals surface area contributed by atoms with Gasteiger partial charge < -0.3 is 10.1 Å². The van der Waals surface area contributed by atoms with Crippen molar-refractivity contribution in [1.82, 2.24) is 4.90 Å². The number of imide groups is 1. The predicted octanol–water partition coefficient (Wildman–Crippen LogP) is 0.913. The third kappa shape index (κ3) is 2.34. The zero-order valence-electron chi connectivity index (χ0n) is 16.1. The van der Waals surface area contributed by atoms with E-state index in [0.29, 0.717) is 5.56 Å². The highest BCUT2D eigenvalue weighted by atomic mass is 16.5. The van der Waals surface area contributed by atoms with E-state index in [0.717, 1.165) is 16.0 Å². The molecule has 6 heteroatoms. The minimum Gasteiger partial charge on any atom is -0.464 e. The highest BCUT2D eigenvalue weighted by Gasteiger charge is 2.72. The van der Waals surface area contributed by atoms with Gasteiger partial charge in [-0.2, -0.15) is 0 Å². The number of benzene rings is 2. The largest absolute Gasteiger partial charge is 0.464 e. The molecule has 2 aliphatic heterocycles. The van der Waals surface area contributed by atoms with Crippen LogP contribution in [0.15, 0.2) is 54.6 Å². The maximum absolute atomic E-state index is 13.2. The van der Waals surface area contributed by atoms with Crippen molar-refractivity contribution in [3.8, 4) is 0 Å². The van der Waals surface area contributed by atoms with Crippen LogP contribution in [-0.2, 0) is 24.7 Å². The molecule has 6 nitrogen and oxygen atoms in total. The van der Waals surface area contributed by atoms with Gasteiger partial charge in [0.2, 0.25) is 17.4 Å². The Labute approximate surface area is 163 Å². The predicted molar refractivity (Wildman–Crippen MR) is 101 cm³/mol. The second-order valence-electron chi connectivity index (χ2n) is 7.51. The maximum atomic E-state index is 13.2. The minimum absolute atomic E-state index is 0.249. The van der Waals surface area contributed by atoms with Crippen LogP contribution in [0.5, 0.6) is 0 Å². The number of carbonyl (C=O) groups is 3. The normalized spacial score (nSPS) is 29.1. The fourth-order valence-corrected chi connectivity index (χ4v) is 4.88. The number of ether oxygens (including phenoxy) is 1. The Morgan fingerprint density at radius 3 is 2.32 bits per heavy atom. The Balaban J connectivity index is 1.97. The van der Waals surface area contributed by atoms with Gasteiger partial charge in [0.25, 0.3) is 0 Å². The zero-order chi connectivity index (χ0) is 20.1. The molecule has 4 rings (SSSR count). The number of nitrogens with two attached hydrogens (primary N) is 1. The number of methoxy groups -OCH3 is 1. The standard InChI is InChI=1S/C22H22N2O4/c1-13-9-7-8-12-15(13)18-16-17(20(26)24(2)19(16)25)22(23-18,21(27)28-3)14-10-5-4-6-11-14/h4-12,16-18,23H,1-3H3/p+1/t16-,17-,18+,22-/m0/s1. The summed E-state index contributed by atoms with van der Waals surface area (Å²) in [5.74, 6) is -2.54. The molecule has 2 aromatic rings. The molecule has 0 radical (unpaired) electrons. The van der Waals surface area contributed by atoms with Crippen LogP contribution in [0.2, 0.25) is 0 Å². The molecule has 2 aliphatic rings. The number of hydrogen-bond donors (Lipinski definition) is 1. The lowest BCUT2D eigenvalue weighted by molar-refractivity contribution is -0.742. The quantitative estimate of drug-likeness (QED) is 0.635. The molecule has 28 heavy (non-hydrogen) atoms. The topological polar surface area (TPSA) is 80.3 Å². The van der Waals surface area contributed by atoms with Gasteiger partial charge in [-0.15, -0.1) is 0 Å². The number of fused-ring (bicyclic) bond motifs is 1. The first-order chi connectivity index (χ1) is 13.4. The Kier molecular flexibility index (Phi) is 4.31. The summed E-state index contributed by atoms with van der Waals surface area (Å²) in [6, 6.07) is 16.6.